The molecule has 7 nitrogen and oxygen atoms in total. The number of nitrogens with one attached hydrogen (secondary N) is 2. The maximum Gasteiger partial charge on any atom is 0.281 e. The molecule has 0 bridgehead atoms. The monoisotopic (exact) mass is 357 g/mol. The molecule has 25 heavy (non-hydrogen) atoms. The number of hydrogen-bond donors (Lipinski definition) is 2. The van der Waals surface area contributed by atoms with Crippen molar-refractivity contribution in [1.82, 2.24) is 9.71 Å². The van der Waals surface area contributed by atoms with Crippen LogP contribution in [0.25, 0.3) is 10.9 Å². The molecule has 1 heterocycles. The Hall–Kier alpha value is -3.00. The van der Waals surface area contributed by atoms with Gasteiger partial charge in [0.15, 0.2) is 0 Å². The summed E-state index contributed by atoms with van der Waals surface area (Å²) in [6.07, 6.45) is 0.483. The second kappa shape index (κ2) is 6.48. The van der Waals surface area contributed by atoms with Crippen LogP contribution in [-0.4, -0.2) is 19.3 Å². The number of carbonyl (C=O) groups excluding carboxylic acids is 1. The number of fused-ring (bicyclic) bond motifs is 1. The maximum absolute atomic E-state index is 12.6. The summed E-state index contributed by atoms with van der Waals surface area (Å²) in [5, 5.41) is 3.61. The van der Waals surface area contributed by atoms with Crippen molar-refractivity contribution in [3.05, 3.63) is 64.7 Å². The van der Waals surface area contributed by atoms with Gasteiger partial charge in [0.2, 0.25) is 0 Å². The number of nitrogens with zero attached hydrogens (tertiary/aromatic N) is 1. The van der Waals surface area contributed by atoms with Crippen molar-refractivity contribution in [2.75, 3.05) is 0 Å². The Morgan fingerprint density at radius 2 is 1.84 bits per heavy atom. The zero-order valence-corrected chi connectivity index (χ0v) is 14.1. The number of aromatic amines is 1. The highest BCUT2D eigenvalue weighted by atomic mass is 32.2. The van der Waals surface area contributed by atoms with Crippen LogP contribution in [0.5, 0.6) is 0 Å². The summed E-state index contributed by atoms with van der Waals surface area (Å²) >= 11 is 0. The molecule has 1 aromatic heterocycles. The van der Waals surface area contributed by atoms with Crippen LogP contribution in [0.2, 0.25) is 0 Å². The molecule has 0 saturated heterocycles. The first kappa shape index (κ1) is 16.8. The van der Waals surface area contributed by atoms with E-state index in [1.54, 1.807) is 30.3 Å². The van der Waals surface area contributed by atoms with Crippen LogP contribution in [0, 0.1) is 4.91 Å². The van der Waals surface area contributed by atoms with Crippen LogP contribution in [0.1, 0.15) is 23.0 Å². The van der Waals surface area contributed by atoms with Gasteiger partial charge in [-0.05, 0) is 35.4 Å². The molecule has 1 amide bonds. The second-order valence-electron chi connectivity index (χ2n) is 5.37. The van der Waals surface area contributed by atoms with E-state index < -0.39 is 15.9 Å². The van der Waals surface area contributed by atoms with E-state index in [1.807, 2.05) is 6.92 Å². The van der Waals surface area contributed by atoms with E-state index in [0.717, 1.165) is 0 Å². The number of aromatic nitrogens is 1. The second-order valence-corrected chi connectivity index (χ2v) is 7.05. The van der Waals surface area contributed by atoms with Crippen LogP contribution < -0.4 is 4.72 Å². The predicted octanol–water partition coefficient (Wildman–Crippen LogP) is 3.25. The Morgan fingerprint density at radius 3 is 2.48 bits per heavy atom. The average molecular weight is 357 g/mol. The summed E-state index contributed by atoms with van der Waals surface area (Å²) in [5.74, 6) is -0.784. The van der Waals surface area contributed by atoms with Gasteiger partial charge in [-0.25, -0.2) is 13.1 Å². The largest absolute Gasteiger partial charge is 0.348 e. The normalized spacial score (nSPS) is 11.4. The van der Waals surface area contributed by atoms with Gasteiger partial charge >= 0.3 is 0 Å². The summed E-state index contributed by atoms with van der Waals surface area (Å²) in [6, 6.07) is 12.6. The summed E-state index contributed by atoms with van der Waals surface area (Å²) in [6.45, 7) is 1.84. The van der Waals surface area contributed by atoms with Crippen molar-refractivity contribution in [3.63, 3.8) is 0 Å². The number of carbonyl (C=O) groups is 1. The lowest BCUT2D eigenvalue weighted by Crippen LogP contribution is -2.31. The number of para-hydroxylation sites is 1. The molecule has 0 atom stereocenters. The molecule has 128 valence electrons. The highest BCUT2D eigenvalue weighted by Gasteiger charge is 2.23. The highest BCUT2D eigenvalue weighted by molar-refractivity contribution is 7.90. The molecule has 0 radical (unpaired) electrons. The van der Waals surface area contributed by atoms with Crippen LogP contribution in [0.15, 0.2) is 58.6 Å². The van der Waals surface area contributed by atoms with E-state index in [2.05, 4.69) is 14.9 Å². The first-order chi connectivity index (χ1) is 12.0. The van der Waals surface area contributed by atoms with Gasteiger partial charge in [-0.1, -0.05) is 37.3 Å². The van der Waals surface area contributed by atoms with Gasteiger partial charge in [0.25, 0.3) is 15.9 Å². The number of sulfonamides is 1. The molecule has 0 saturated carbocycles. The lowest BCUT2D eigenvalue weighted by molar-refractivity contribution is 0.0976. The molecule has 3 rings (SSSR count). The standard InChI is InChI=1S/C17H15N3O4S/c1-2-12-13-9-6-10-14(19-22)15(13)18-16(12)17(21)20-25(23,24)11-7-4-3-5-8-11/h3-10,18H,2H2,1H3,(H,20,21). The number of hydrogen-bond acceptors (Lipinski definition) is 5. The Morgan fingerprint density at radius 1 is 1.12 bits per heavy atom. The van der Waals surface area contributed by atoms with Crippen molar-refractivity contribution in [3.8, 4) is 0 Å². The minimum atomic E-state index is -3.99. The smallest absolute Gasteiger partial charge is 0.281 e. The summed E-state index contributed by atoms with van der Waals surface area (Å²) < 4.78 is 26.7. The summed E-state index contributed by atoms with van der Waals surface area (Å²) in [5.41, 5.74) is 1.31. The lowest BCUT2D eigenvalue weighted by Gasteiger charge is -2.07. The van der Waals surface area contributed by atoms with E-state index in [0.29, 0.717) is 22.9 Å². The fourth-order valence-electron chi connectivity index (χ4n) is 2.73. The molecule has 0 aliphatic heterocycles. The summed E-state index contributed by atoms with van der Waals surface area (Å²) in [7, 11) is -3.99. The Balaban J connectivity index is 2.04. The lowest BCUT2D eigenvalue weighted by atomic mass is 10.1. The maximum atomic E-state index is 12.6. The number of rotatable bonds is 5. The van der Waals surface area contributed by atoms with Gasteiger partial charge < -0.3 is 4.98 Å². The SMILES string of the molecule is CCc1c(C(=O)NS(=O)(=O)c2ccccc2)[nH]c2c(N=O)cccc12. The third kappa shape index (κ3) is 3.03. The zero-order chi connectivity index (χ0) is 18.0. The summed E-state index contributed by atoms with van der Waals surface area (Å²) in [4.78, 5) is 26.3. The van der Waals surface area contributed by atoms with Crippen LogP contribution in [0.4, 0.5) is 5.69 Å². The van der Waals surface area contributed by atoms with Gasteiger partial charge in [-0.2, -0.15) is 0 Å². The van der Waals surface area contributed by atoms with Crippen molar-refractivity contribution < 1.29 is 13.2 Å². The van der Waals surface area contributed by atoms with Crippen LogP contribution >= 0.6 is 0 Å². The zero-order valence-electron chi connectivity index (χ0n) is 13.3. The van der Waals surface area contributed by atoms with Crippen LogP contribution in [0.3, 0.4) is 0 Å². The number of benzene rings is 2. The first-order valence-corrected chi connectivity index (χ1v) is 9.05. The highest BCUT2D eigenvalue weighted by Crippen LogP contribution is 2.30. The molecular formula is C17H15N3O4S. The minimum absolute atomic E-state index is 0.00671. The minimum Gasteiger partial charge on any atom is -0.348 e. The molecule has 0 fully saturated rings. The average Bonchev–Trinajstić information content (AvgIpc) is 3.01. The topological polar surface area (TPSA) is 108 Å². The van der Waals surface area contributed by atoms with Gasteiger partial charge in [-0.3, -0.25) is 4.79 Å². The fraction of sp³-hybridized carbons (Fsp3) is 0.118. The van der Waals surface area contributed by atoms with Crippen molar-refractivity contribution in [2.45, 2.75) is 18.2 Å². The Kier molecular flexibility index (Phi) is 4.37. The van der Waals surface area contributed by atoms with Crippen molar-refractivity contribution in [2.24, 2.45) is 5.18 Å². The number of nitroso groups, excluding NO2 is 1. The van der Waals surface area contributed by atoms with Crippen molar-refractivity contribution in [1.29, 1.82) is 0 Å². The molecule has 0 aliphatic rings. The molecule has 8 heteroatoms. The number of aryl methyl sites for hydroxylation is 1. The third-order valence-electron chi connectivity index (χ3n) is 3.88. The first-order valence-electron chi connectivity index (χ1n) is 7.57. The van der Waals surface area contributed by atoms with Gasteiger partial charge in [0.05, 0.1) is 10.4 Å². The molecule has 0 spiro atoms. The van der Waals surface area contributed by atoms with Crippen LogP contribution in [-0.2, 0) is 16.4 Å². The molecule has 3 aromatic rings. The molecular weight excluding hydrogens is 342 g/mol. The Bertz CT molecular complexity index is 1060. The van der Waals surface area contributed by atoms with Gasteiger partial charge in [0.1, 0.15) is 11.4 Å². The molecule has 2 aromatic carbocycles. The molecule has 0 aliphatic carbocycles. The van der Waals surface area contributed by atoms with E-state index in [-0.39, 0.29) is 16.3 Å². The molecule has 2 N–H and O–H groups in total. The van der Waals surface area contributed by atoms with E-state index in [9.17, 15) is 18.1 Å². The molecule has 0 unspecified atom stereocenters. The van der Waals surface area contributed by atoms with E-state index in [1.165, 1.54) is 18.2 Å². The van der Waals surface area contributed by atoms with Gasteiger partial charge in [0, 0.05) is 5.39 Å². The Labute approximate surface area is 144 Å². The van der Waals surface area contributed by atoms with E-state index >= 15 is 0 Å². The number of H-pyrrole nitrogens is 1. The number of amides is 1. The van der Waals surface area contributed by atoms with E-state index in [4.69, 9.17) is 0 Å². The predicted molar refractivity (Wildman–Crippen MR) is 94.2 cm³/mol. The van der Waals surface area contributed by atoms with Gasteiger partial charge in [-0.15, -0.1) is 4.91 Å². The third-order valence-corrected chi connectivity index (χ3v) is 5.23. The fourth-order valence-corrected chi connectivity index (χ4v) is 3.71. The quantitative estimate of drug-likeness (QED) is 0.683. The van der Waals surface area contributed by atoms with Crippen molar-refractivity contribution >= 4 is 32.5 Å².